The van der Waals surface area contributed by atoms with Crippen molar-refractivity contribution >= 4 is 11.7 Å². The smallest absolute Gasteiger partial charge is 0.218 e. The van der Waals surface area contributed by atoms with Gasteiger partial charge in [0.25, 0.3) is 0 Å². The lowest BCUT2D eigenvalue weighted by Gasteiger charge is -2.57. The molecule has 0 amide bonds. The van der Waals surface area contributed by atoms with Crippen molar-refractivity contribution in [2.75, 3.05) is 6.61 Å². The molecule has 1 aromatic carbocycles. The number of fused-ring (bicyclic) bond motifs is 1. The average molecular weight is 292 g/mol. The minimum atomic E-state index is -1.39. The molecule has 4 aliphatic rings. The first-order valence-electron chi connectivity index (χ1n) is 6.93. The average Bonchev–Trinajstić information content (AvgIpc) is 2.72. The summed E-state index contributed by atoms with van der Waals surface area (Å²) in [5.74, 6) is -1.69. The van der Waals surface area contributed by atoms with E-state index in [1.165, 1.54) is 0 Å². The summed E-state index contributed by atoms with van der Waals surface area (Å²) in [4.78, 5) is 4.09. The molecule has 4 heterocycles. The number of nitriles is 2. The van der Waals surface area contributed by atoms with Crippen LogP contribution < -0.4 is 0 Å². The SMILES string of the molecule is C[C@]12OC[C@@]3(C#N)C(=NC(=N)[C@@]3(C#N)[C@@H]1c1ccccc1)O2. The molecule has 4 bridgehead atoms. The van der Waals surface area contributed by atoms with Crippen molar-refractivity contribution in [3.63, 3.8) is 0 Å². The van der Waals surface area contributed by atoms with Gasteiger partial charge in [-0.1, -0.05) is 30.3 Å². The molecule has 4 atom stereocenters. The molecule has 0 spiro atoms. The van der Waals surface area contributed by atoms with Gasteiger partial charge >= 0.3 is 0 Å². The van der Waals surface area contributed by atoms with Gasteiger partial charge in [-0.3, -0.25) is 5.41 Å². The van der Waals surface area contributed by atoms with E-state index in [4.69, 9.17) is 14.9 Å². The Labute approximate surface area is 127 Å². The molecule has 22 heavy (non-hydrogen) atoms. The number of aliphatic imine (C=N–C) groups is 1. The molecule has 108 valence electrons. The van der Waals surface area contributed by atoms with Crippen LogP contribution in [0.15, 0.2) is 35.3 Å². The number of hydrogen-bond donors (Lipinski definition) is 1. The van der Waals surface area contributed by atoms with Gasteiger partial charge in [0.1, 0.15) is 5.84 Å². The maximum atomic E-state index is 9.98. The fraction of sp³-hybridized carbons (Fsp3) is 0.375. The van der Waals surface area contributed by atoms with Gasteiger partial charge in [0, 0.05) is 6.92 Å². The van der Waals surface area contributed by atoms with Crippen LogP contribution in [0.1, 0.15) is 18.4 Å². The Morgan fingerprint density at radius 2 is 2.00 bits per heavy atom. The van der Waals surface area contributed by atoms with E-state index in [2.05, 4.69) is 17.1 Å². The lowest BCUT2D eigenvalue weighted by molar-refractivity contribution is -0.280. The first-order chi connectivity index (χ1) is 10.5. The maximum Gasteiger partial charge on any atom is 0.218 e. The first-order valence-corrected chi connectivity index (χ1v) is 6.93. The maximum absolute atomic E-state index is 9.98. The zero-order valence-electron chi connectivity index (χ0n) is 11.8. The largest absolute Gasteiger partial charge is 0.447 e. The first kappa shape index (κ1) is 13.0. The Balaban J connectivity index is 2.06. The Kier molecular flexibility index (Phi) is 2.21. The van der Waals surface area contributed by atoms with Crippen LogP contribution in [0.5, 0.6) is 0 Å². The highest BCUT2D eigenvalue weighted by Gasteiger charge is 2.79. The Hall–Kier alpha value is -2.70. The van der Waals surface area contributed by atoms with Crippen molar-refractivity contribution in [1.82, 2.24) is 0 Å². The standard InChI is InChI=1S/C16H12N4O2/c1-14-11(10-5-3-2-4-6-10)16(8-18)12(19)20-13(22-14)15(16,7-17)9-21-14/h2-6,11,19H,9H2,1H3/t11-,14-,15+,16-/m1/s1. The third-order valence-electron chi connectivity index (χ3n) is 4.96. The van der Waals surface area contributed by atoms with Crippen molar-refractivity contribution in [2.45, 2.75) is 18.6 Å². The van der Waals surface area contributed by atoms with E-state index in [-0.39, 0.29) is 18.3 Å². The lowest BCUT2D eigenvalue weighted by atomic mass is 9.52. The van der Waals surface area contributed by atoms with Crippen LogP contribution in [-0.2, 0) is 9.47 Å². The number of hydrogen-bond acceptors (Lipinski definition) is 5. The molecule has 3 saturated heterocycles. The van der Waals surface area contributed by atoms with Gasteiger partial charge < -0.3 is 9.47 Å². The molecule has 0 aliphatic carbocycles. The van der Waals surface area contributed by atoms with Crippen LogP contribution in [0.25, 0.3) is 0 Å². The van der Waals surface area contributed by atoms with Gasteiger partial charge in [0.15, 0.2) is 10.8 Å². The molecule has 3 fully saturated rings. The molecule has 0 unspecified atom stereocenters. The molecule has 0 radical (unpaired) electrons. The number of ether oxygens (including phenoxy) is 2. The topological polar surface area (TPSA) is 102 Å². The summed E-state index contributed by atoms with van der Waals surface area (Å²) in [5.41, 5.74) is -1.94. The fourth-order valence-corrected chi connectivity index (χ4v) is 3.91. The lowest BCUT2D eigenvalue weighted by Crippen LogP contribution is -2.69. The quantitative estimate of drug-likeness (QED) is 0.854. The number of nitrogens with zero attached hydrogens (tertiary/aromatic N) is 3. The van der Waals surface area contributed by atoms with Crippen LogP contribution in [0, 0.1) is 38.9 Å². The Bertz CT molecular complexity index is 806. The third kappa shape index (κ3) is 1.11. The summed E-state index contributed by atoms with van der Waals surface area (Å²) < 4.78 is 11.6. The molecule has 5 rings (SSSR count). The van der Waals surface area contributed by atoms with Gasteiger partial charge in [-0.15, -0.1) is 0 Å². The minimum absolute atomic E-state index is 0.0120. The molecule has 4 aliphatic heterocycles. The fourth-order valence-electron chi connectivity index (χ4n) is 3.91. The second kappa shape index (κ2) is 3.73. The van der Waals surface area contributed by atoms with Crippen molar-refractivity contribution in [3.05, 3.63) is 35.9 Å². The van der Waals surface area contributed by atoms with Crippen LogP contribution in [-0.4, -0.2) is 24.1 Å². The highest BCUT2D eigenvalue weighted by atomic mass is 16.7. The molecule has 6 nitrogen and oxygen atoms in total. The monoisotopic (exact) mass is 292 g/mol. The van der Waals surface area contributed by atoms with Gasteiger partial charge in [0.05, 0.1) is 24.7 Å². The zero-order valence-corrected chi connectivity index (χ0v) is 11.8. The van der Waals surface area contributed by atoms with E-state index in [1.807, 2.05) is 30.3 Å². The van der Waals surface area contributed by atoms with E-state index in [0.717, 1.165) is 5.56 Å². The van der Waals surface area contributed by atoms with Crippen LogP contribution in [0.3, 0.4) is 0 Å². The summed E-state index contributed by atoms with van der Waals surface area (Å²) >= 11 is 0. The number of rotatable bonds is 1. The molecule has 0 saturated carbocycles. The second-order valence-corrected chi connectivity index (χ2v) is 5.95. The zero-order chi connectivity index (χ0) is 15.6. The number of amidine groups is 1. The summed E-state index contributed by atoms with van der Waals surface area (Å²) in [7, 11) is 0. The molecule has 6 heteroatoms. The van der Waals surface area contributed by atoms with Crippen LogP contribution in [0.2, 0.25) is 0 Å². The number of nitrogens with one attached hydrogen (secondary N) is 1. The van der Waals surface area contributed by atoms with Crippen LogP contribution in [0.4, 0.5) is 0 Å². The van der Waals surface area contributed by atoms with Gasteiger partial charge in [-0.25, -0.2) is 0 Å². The van der Waals surface area contributed by atoms with Gasteiger partial charge in [-0.05, 0) is 5.56 Å². The van der Waals surface area contributed by atoms with Crippen molar-refractivity contribution in [3.8, 4) is 12.1 Å². The van der Waals surface area contributed by atoms with E-state index in [1.54, 1.807) is 6.92 Å². The van der Waals surface area contributed by atoms with Crippen molar-refractivity contribution < 1.29 is 9.47 Å². The van der Waals surface area contributed by atoms with Crippen molar-refractivity contribution in [2.24, 2.45) is 15.8 Å². The molecule has 0 aromatic heterocycles. The third-order valence-corrected chi connectivity index (χ3v) is 4.96. The predicted molar refractivity (Wildman–Crippen MR) is 75.9 cm³/mol. The second-order valence-electron chi connectivity index (χ2n) is 5.95. The molecular weight excluding hydrogens is 280 g/mol. The van der Waals surface area contributed by atoms with Gasteiger partial charge in [-0.2, -0.15) is 15.5 Å². The van der Waals surface area contributed by atoms with E-state index in [0.29, 0.717) is 0 Å². The normalized spacial score (nSPS) is 41.3. The highest BCUT2D eigenvalue weighted by molar-refractivity contribution is 6.13. The summed E-state index contributed by atoms with van der Waals surface area (Å²) in [5, 5.41) is 28.0. The summed E-state index contributed by atoms with van der Waals surface area (Å²) in [6.45, 7) is 1.75. The summed E-state index contributed by atoms with van der Waals surface area (Å²) in [6.07, 6.45) is 0. The number of benzene rings is 1. The van der Waals surface area contributed by atoms with E-state index in [9.17, 15) is 10.5 Å². The molecule has 1 aromatic rings. The Morgan fingerprint density at radius 3 is 2.64 bits per heavy atom. The van der Waals surface area contributed by atoms with Gasteiger partial charge in [0.2, 0.25) is 11.7 Å². The Morgan fingerprint density at radius 1 is 1.27 bits per heavy atom. The van der Waals surface area contributed by atoms with E-state index >= 15 is 0 Å². The highest BCUT2D eigenvalue weighted by Crippen LogP contribution is 2.66. The predicted octanol–water partition coefficient (Wildman–Crippen LogP) is 1.96. The van der Waals surface area contributed by atoms with Crippen LogP contribution >= 0.6 is 0 Å². The van der Waals surface area contributed by atoms with Crippen molar-refractivity contribution in [1.29, 1.82) is 15.9 Å². The van der Waals surface area contributed by atoms with E-state index < -0.39 is 22.5 Å². The molecular formula is C16H12N4O2. The minimum Gasteiger partial charge on any atom is -0.447 e. The molecule has 1 N–H and O–H groups in total. The summed E-state index contributed by atoms with van der Waals surface area (Å²) in [6, 6.07) is 13.7.